The zero-order valence-corrected chi connectivity index (χ0v) is 11.3. The van der Waals surface area contributed by atoms with Crippen molar-refractivity contribution in [1.29, 1.82) is 0 Å². The Labute approximate surface area is 101 Å². The zero-order chi connectivity index (χ0) is 11.9. The minimum absolute atomic E-state index is 0.661. The molecule has 0 heterocycles. The summed E-state index contributed by atoms with van der Waals surface area (Å²) >= 11 is 0. The predicted molar refractivity (Wildman–Crippen MR) is 69.7 cm³/mol. The van der Waals surface area contributed by atoms with Crippen molar-refractivity contribution in [2.75, 3.05) is 26.8 Å². The first-order chi connectivity index (χ1) is 7.73. The Morgan fingerprint density at radius 2 is 2.12 bits per heavy atom. The Bertz CT molecular complexity index is 184. The molecule has 2 heteroatoms. The highest BCUT2D eigenvalue weighted by Gasteiger charge is 2.48. The third kappa shape index (κ3) is 4.84. The summed E-state index contributed by atoms with van der Waals surface area (Å²) < 4.78 is 5.03. The summed E-state index contributed by atoms with van der Waals surface area (Å²) in [6, 6.07) is 0. The second kappa shape index (κ2) is 7.29. The molecule has 0 radical (unpaired) electrons. The van der Waals surface area contributed by atoms with E-state index in [1.54, 1.807) is 7.11 Å². The molecule has 2 unspecified atom stereocenters. The third-order valence-electron chi connectivity index (χ3n) is 4.01. The van der Waals surface area contributed by atoms with Gasteiger partial charge >= 0.3 is 0 Å². The summed E-state index contributed by atoms with van der Waals surface area (Å²) in [5.41, 5.74) is 0.661. The fourth-order valence-electron chi connectivity index (χ4n) is 2.53. The molecule has 96 valence electrons. The summed E-state index contributed by atoms with van der Waals surface area (Å²) in [6.45, 7) is 7.76. The average molecular weight is 227 g/mol. The van der Waals surface area contributed by atoms with Crippen molar-refractivity contribution in [1.82, 2.24) is 5.32 Å². The van der Waals surface area contributed by atoms with Gasteiger partial charge in [0.25, 0.3) is 0 Å². The Kier molecular flexibility index (Phi) is 6.37. The molecule has 16 heavy (non-hydrogen) atoms. The minimum Gasteiger partial charge on any atom is -0.383 e. The van der Waals surface area contributed by atoms with Crippen LogP contribution in [0.3, 0.4) is 0 Å². The maximum absolute atomic E-state index is 5.03. The van der Waals surface area contributed by atoms with Crippen LogP contribution in [0.1, 0.15) is 52.4 Å². The van der Waals surface area contributed by atoms with Gasteiger partial charge in [0.05, 0.1) is 6.61 Å². The Hall–Kier alpha value is -0.0800. The molecule has 1 N–H and O–H groups in total. The summed E-state index contributed by atoms with van der Waals surface area (Å²) in [4.78, 5) is 0. The van der Waals surface area contributed by atoms with Crippen LogP contribution in [-0.4, -0.2) is 26.8 Å². The molecule has 0 amide bonds. The number of hydrogen-bond acceptors (Lipinski definition) is 2. The number of methoxy groups -OCH3 is 1. The largest absolute Gasteiger partial charge is 0.383 e. The van der Waals surface area contributed by atoms with Crippen molar-refractivity contribution in [3.05, 3.63) is 0 Å². The van der Waals surface area contributed by atoms with Gasteiger partial charge in [-0.1, -0.05) is 39.5 Å². The smallest absolute Gasteiger partial charge is 0.0587 e. The van der Waals surface area contributed by atoms with Gasteiger partial charge in [-0.2, -0.15) is 0 Å². The molecule has 1 rings (SSSR count). The van der Waals surface area contributed by atoms with Gasteiger partial charge < -0.3 is 10.1 Å². The molecule has 0 aromatic carbocycles. The Balaban J connectivity index is 1.97. The van der Waals surface area contributed by atoms with Gasteiger partial charge in [0.2, 0.25) is 0 Å². The van der Waals surface area contributed by atoms with Crippen molar-refractivity contribution < 1.29 is 4.74 Å². The molecular weight excluding hydrogens is 198 g/mol. The molecule has 0 spiro atoms. The minimum atomic E-state index is 0.661. The number of hydrogen-bond donors (Lipinski definition) is 1. The van der Waals surface area contributed by atoms with E-state index in [2.05, 4.69) is 19.2 Å². The normalized spacial score (nSPS) is 28.3. The highest BCUT2D eigenvalue weighted by molar-refractivity contribution is 4.99. The van der Waals surface area contributed by atoms with Crippen molar-refractivity contribution >= 4 is 0 Å². The molecule has 2 atom stereocenters. The molecule has 0 aromatic rings. The second-order valence-corrected chi connectivity index (χ2v) is 5.56. The number of rotatable bonds is 10. The van der Waals surface area contributed by atoms with Crippen molar-refractivity contribution in [3.8, 4) is 0 Å². The van der Waals surface area contributed by atoms with Gasteiger partial charge in [-0.25, -0.2) is 0 Å². The lowest BCUT2D eigenvalue weighted by Gasteiger charge is -2.11. The lowest BCUT2D eigenvalue weighted by molar-refractivity contribution is 0.198. The lowest BCUT2D eigenvalue weighted by atomic mass is 9.97. The van der Waals surface area contributed by atoms with E-state index >= 15 is 0 Å². The van der Waals surface area contributed by atoms with E-state index in [-0.39, 0.29) is 0 Å². The first kappa shape index (κ1) is 14.0. The SMILES string of the molecule is CCCCCCC1(C)CC1CNCCOC. The number of unbranched alkanes of at least 4 members (excludes halogenated alkanes) is 3. The topological polar surface area (TPSA) is 21.3 Å². The lowest BCUT2D eigenvalue weighted by Crippen LogP contribution is -2.23. The van der Waals surface area contributed by atoms with Crippen LogP contribution in [0.5, 0.6) is 0 Å². The van der Waals surface area contributed by atoms with E-state index in [1.807, 2.05) is 0 Å². The van der Waals surface area contributed by atoms with Gasteiger partial charge in [-0.15, -0.1) is 0 Å². The number of ether oxygens (including phenoxy) is 1. The van der Waals surface area contributed by atoms with Gasteiger partial charge in [-0.05, 0) is 30.7 Å². The van der Waals surface area contributed by atoms with E-state index < -0.39 is 0 Å². The molecule has 2 nitrogen and oxygen atoms in total. The summed E-state index contributed by atoms with van der Waals surface area (Å²) in [7, 11) is 1.76. The van der Waals surface area contributed by atoms with Crippen molar-refractivity contribution in [2.24, 2.45) is 11.3 Å². The summed E-state index contributed by atoms with van der Waals surface area (Å²) in [6.07, 6.45) is 8.48. The second-order valence-electron chi connectivity index (χ2n) is 5.56. The van der Waals surface area contributed by atoms with Crippen molar-refractivity contribution in [3.63, 3.8) is 0 Å². The van der Waals surface area contributed by atoms with Crippen LogP contribution < -0.4 is 5.32 Å². The van der Waals surface area contributed by atoms with E-state index in [0.29, 0.717) is 5.41 Å². The van der Waals surface area contributed by atoms with Gasteiger partial charge in [-0.3, -0.25) is 0 Å². The van der Waals surface area contributed by atoms with Crippen LogP contribution in [0.2, 0.25) is 0 Å². The van der Waals surface area contributed by atoms with Gasteiger partial charge in [0, 0.05) is 13.7 Å². The van der Waals surface area contributed by atoms with E-state index in [1.165, 1.54) is 45.1 Å². The van der Waals surface area contributed by atoms with E-state index in [0.717, 1.165) is 19.1 Å². The first-order valence-electron chi connectivity index (χ1n) is 6.92. The fourth-order valence-corrected chi connectivity index (χ4v) is 2.53. The molecule has 1 aliphatic carbocycles. The average Bonchev–Trinajstić information content (AvgIpc) is 2.92. The van der Waals surface area contributed by atoms with E-state index in [9.17, 15) is 0 Å². The van der Waals surface area contributed by atoms with Crippen LogP contribution in [0.4, 0.5) is 0 Å². The molecule has 1 saturated carbocycles. The van der Waals surface area contributed by atoms with Crippen LogP contribution in [0.25, 0.3) is 0 Å². The molecular formula is C14H29NO. The van der Waals surface area contributed by atoms with Crippen LogP contribution in [0, 0.1) is 11.3 Å². The monoisotopic (exact) mass is 227 g/mol. The molecule has 0 aromatic heterocycles. The summed E-state index contributed by atoms with van der Waals surface area (Å²) in [5.74, 6) is 0.922. The quantitative estimate of drug-likeness (QED) is 0.579. The van der Waals surface area contributed by atoms with E-state index in [4.69, 9.17) is 4.74 Å². The first-order valence-corrected chi connectivity index (χ1v) is 6.92. The molecule has 0 bridgehead atoms. The highest BCUT2D eigenvalue weighted by atomic mass is 16.5. The standard InChI is InChI=1S/C14H29NO/c1-4-5-6-7-8-14(2)11-13(14)12-15-9-10-16-3/h13,15H,4-12H2,1-3H3. The van der Waals surface area contributed by atoms with Crippen molar-refractivity contribution in [2.45, 2.75) is 52.4 Å². The Morgan fingerprint density at radius 1 is 1.31 bits per heavy atom. The molecule has 0 saturated heterocycles. The summed E-state index contributed by atoms with van der Waals surface area (Å²) in [5, 5.41) is 3.48. The zero-order valence-electron chi connectivity index (χ0n) is 11.3. The van der Waals surface area contributed by atoms with Crippen LogP contribution in [-0.2, 0) is 4.74 Å². The molecule has 0 aliphatic heterocycles. The van der Waals surface area contributed by atoms with Crippen LogP contribution in [0.15, 0.2) is 0 Å². The maximum Gasteiger partial charge on any atom is 0.0587 e. The van der Waals surface area contributed by atoms with Gasteiger partial charge in [0.1, 0.15) is 0 Å². The Morgan fingerprint density at radius 3 is 2.81 bits per heavy atom. The highest BCUT2D eigenvalue weighted by Crippen LogP contribution is 2.55. The molecule has 1 aliphatic rings. The molecule has 1 fully saturated rings. The van der Waals surface area contributed by atoms with Crippen LogP contribution >= 0.6 is 0 Å². The third-order valence-corrected chi connectivity index (χ3v) is 4.01. The fraction of sp³-hybridized carbons (Fsp3) is 1.00. The number of nitrogens with one attached hydrogen (secondary N) is 1. The maximum atomic E-state index is 5.03. The predicted octanol–water partition coefficient (Wildman–Crippen LogP) is 3.22. The van der Waals surface area contributed by atoms with Gasteiger partial charge in [0.15, 0.2) is 0 Å².